The Kier molecular flexibility index (Phi) is 1.61. The predicted molar refractivity (Wildman–Crippen MR) is 46.8 cm³/mol. The topological polar surface area (TPSA) is 38.9 Å². The van der Waals surface area contributed by atoms with Gasteiger partial charge in [-0.2, -0.15) is 4.98 Å². The molecule has 0 atom stereocenters. The molecule has 0 fully saturated rings. The first-order valence-corrected chi connectivity index (χ1v) is 4.12. The summed E-state index contributed by atoms with van der Waals surface area (Å²) in [6.07, 6.45) is 0. The molecule has 0 bridgehead atoms. The van der Waals surface area contributed by atoms with Crippen LogP contribution in [0, 0.1) is 0 Å². The molecule has 0 aliphatic rings. The quantitative estimate of drug-likeness (QED) is 0.558. The van der Waals surface area contributed by atoms with Crippen LogP contribution < -0.4 is 0 Å². The molecule has 11 heavy (non-hydrogen) atoms. The smallest absolute Gasteiger partial charge is 0.255 e. The number of hydrogen-bond acceptors (Lipinski definition) is 4. The highest BCUT2D eigenvalue weighted by Crippen LogP contribution is 2.17. The third kappa shape index (κ3) is 1.25. The van der Waals surface area contributed by atoms with Crippen LogP contribution in [0.4, 0.5) is 0 Å². The summed E-state index contributed by atoms with van der Waals surface area (Å²) in [4.78, 5) is 7.99. The summed E-state index contributed by atoms with van der Waals surface area (Å²) in [6, 6.07) is 3.58. The zero-order valence-electron chi connectivity index (χ0n) is 5.28. The molecule has 0 aromatic carbocycles. The Bertz CT molecular complexity index is 400. The van der Waals surface area contributed by atoms with Crippen molar-refractivity contribution in [3.05, 3.63) is 16.7 Å². The molecule has 0 saturated carbocycles. The van der Waals surface area contributed by atoms with Crippen molar-refractivity contribution in [1.82, 2.24) is 9.97 Å². The minimum Gasteiger partial charge on any atom is -0.430 e. The van der Waals surface area contributed by atoms with E-state index < -0.39 is 0 Å². The van der Waals surface area contributed by atoms with Gasteiger partial charge in [-0.05, 0) is 28.1 Å². The third-order valence-electron chi connectivity index (χ3n) is 1.21. The fourth-order valence-electron chi connectivity index (χ4n) is 0.784. The van der Waals surface area contributed by atoms with Crippen LogP contribution in [-0.4, -0.2) is 9.97 Å². The van der Waals surface area contributed by atoms with E-state index in [0.29, 0.717) is 16.5 Å². The molecule has 0 radical (unpaired) electrons. The van der Waals surface area contributed by atoms with Gasteiger partial charge >= 0.3 is 0 Å². The molecule has 0 aliphatic carbocycles. The van der Waals surface area contributed by atoms with Crippen LogP contribution in [-0.2, 0) is 0 Å². The number of halogens is 1. The van der Waals surface area contributed by atoms with Crippen LogP contribution in [0.25, 0.3) is 11.2 Å². The Hall–Kier alpha value is -0.550. The Balaban J connectivity index is 2.82. The summed E-state index contributed by atoms with van der Waals surface area (Å²) >= 11 is 7.17. The number of hydrogen-bond donors (Lipinski definition) is 1. The minimum absolute atomic E-state index is 0.339. The molecule has 0 aliphatic heterocycles. The number of fused-ring (bicyclic) bond motifs is 1. The lowest BCUT2D eigenvalue weighted by molar-refractivity contribution is 0.492. The number of oxazole rings is 1. The van der Waals surface area contributed by atoms with Gasteiger partial charge < -0.3 is 4.42 Å². The molecule has 2 heterocycles. The van der Waals surface area contributed by atoms with Gasteiger partial charge in [-0.15, -0.1) is 0 Å². The van der Waals surface area contributed by atoms with E-state index in [2.05, 4.69) is 38.5 Å². The largest absolute Gasteiger partial charge is 0.430 e. The van der Waals surface area contributed by atoms with Crippen molar-refractivity contribution in [3.63, 3.8) is 0 Å². The first-order valence-electron chi connectivity index (χ1n) is 2.88. The fraction of sp³-hybridized carbons (Fsp3) is 0. The molecular formula is C6H3BrN2OS. The SMILES string of the molecule is Sc1nc2nc(Br)ccc2o1. The number of thiol groups is 1. The number of nitrogens with zero attached hydrogens (tertiary/aromatic N) is 2. The van der Waals surface area contributed by atoms with E-state index in [1.54, 1.807) is 12.1 Å². The monoisotopic (exact) mass is 230 g/mol. The summed E-state index contributed by atoms with van der Waals surface area (Å²) in [6.45, 7) is 0. The second kappa shape index (κ2) is 2.49. The first kappa shape index (κ1) is 7.12. The van der Waals surface area contributed by atoms with Gasteiger partial charge in [0.2, 0.25) is 5.65 Å². The minimum atomic E-state index is 0.339. The number of pyridine rings is 1. The normalized spacial score (nSPS) is 10.7. The second-order valence-electron chi connectivity index (χ2n) is 1.95. The standard InChI is InChI=1S/C6H3BrN2OS/c7-4-2-1-3-5(8-4)9-6(11)10-3/h1-2H,(H,8,9,11). The van der Waals surface area contributed by atoms with Gasteiger partial charge in [0, 0.05) is 0 Å². The predicted octanol–water partition coefficient (Wildman–Crippen LogP) is 2.27. The van der Waals surface area contributed by atoms with Crippen LogP contribution in [0.2, 0.25) is 0 Å². The van der Waals surface area contributed by atoms with Gasteiger partial charge in [0.1, 0.15) is 4.60 Å². The third-order valence-corrected chi connectivity index (χ3v) is 1.84. The summed E-state index contributed by atoms with van der Waals surface area (Å²) in [5.74, 6) is 0. The summed E-state index contributed by atoms with van der Waals surface area (Å²) < 4.78 is 5.83. The van der Waals surface area contributed by atoms with Crippen molar-refractivity contribution < 1.29 is 4.42 Å². The Morgan fingerprint density at radius 3 is 3.00 bits per heavy atom. The molecule has 0 unspecified atom stereocenters. The highest BCUT2D eigenvalue weighted by atomic mass is 79.9. The number of aromatic nitrogens is 2. The van der Waals surface area contributed by atoms with Gasteiger partial charge in [0.15, 0.2) is 5.58 Å². The molecule has 0 saturated heterocycles. The average molecular weight is 231 g/mol. The molecular weight excluding hydrogens is 228 g/mol. The van der Waals surface area contributed by atoms with Gasteiger partial charge in [0.05, 0.1) is 0 Å². The van der Waals surface area contributed by atoms with Crippen molar-refractivity contribution in [1.29, 1.82) is 0 Å². The highest BCUT2D eigenvalue weighted by molar-refractivity contribution is 9.10. The van der Waals surface area contributed by atoms with E-state index in [4.69, 9.17) is 4.42 Å². The maximum atomic E-state index is 5.09. The summed E-state index contributed by atoms with van der Waals surface area (Å²) in [7, 11) is 0. The summed E-state index contributed by atoms with van der Waals surface area (Å²) in [5, 5.41) is 0.339. The lowest BCUT2D eigenvalue weighted by atomic mass is 10.5. The zero-order chi connectivity index (χ0) is 7.84. The molecule has 56 valence electrons. The van der Waals surface area contributed by atoms with Gasteiger partial charge in [-0.1, -0.05) is 12.6 Å². The lowest BCUT2D eigenvalue weighted by Gasteiger charge is -1.85. The van der Waals surface area contributed by atoms with Crippen LogP contribution >= 0.6 is 28.6 Å². The molecule has 2 aromatic heterocycles. The zero-order valence-corrected chi connectivity index (χ0v) is 7.76. The maximum absolute atomic E-state index is 5.09. The van der Waals surface area contributed by atoms with E-state index in [9.17, 15) is 0 Å². The van der Waals surface area contributed by atoms with E-state index in [1.807, 2.05) is 0 Å². The Morgan fingerprint density at radius 2 is 2.18 bits per heavy atom. The van der Waals surface area contributed by atoms with E-state index in [1.165, 1.54) is 0 Å². The molecule has 0 N–H and O–H groups in total. The lowest BCUT2D eigenvalue weighted by Crippen LogP contribution is -1.75. The molecule has 5 heteroatoms. The van der Waals surface area contributed by atoms with Crippen molar-refractivity contribution in [3.8, 4) is 0 Å². The fourth-order valence-corrected chi connectivity index (χ4v) is 1.28. The van der Waals surface area contributed by atoms with Gasteiger partial charge in [-0.3, -0.25) is 0 Å². The van der Waals surface area contributed by atoms with Crippen molar-refractivity contribution in [2.45, 2.75) is 5.22 Å². The van der Waals surface area contributed by atoms with Crippen LogP contribution in [0.3, 0.4) is 0 Å². The van der Waals surface area contributed by atoms with Gasteiger partial charge in [-0.25, -0.2) is 4.98 Å². The Labute approximate surface area is 76.4 Å². The highest BCUT2D eigenvalue weighted by Gasteiger charge is 2.02. The van der Waals surface area contributed by atoms with E-state index >= 15 is 0 Å². The van der Waals surface area contributed by atoms with Crippen molar-refractivity contribution in [2.75, 3.05) is 0 Å². The Morgan fingerprint density at radius 1 is 1.36 bits per heavy atom. The molecule has 2 aromatic rings. The molecule has 0 amide bonds. The van der Waals surface area contributed by atoms with Crippen molar-refractivity contribution >= 4 is 39.8 Å². The summed E-state index contributed by atoms with van der Waals surface area (Å²) in [5.41, 5.74) is 1.22. The van der Waals surface area contributed by atoms with Crippen LogP contribution in [0.15, 0.2) is 26.4 Å². The first-order chi connectivity index (χ1) is 5.25. The van der Waals surface area contributed by atoms with Gasteiger partial charge in [0.25, 0.3) is 5.22 Å². The second-order valence-corrected chi connectivity index (χ2v) is 3.15. The van der Waals surface area contributed by atoms with Crippen LogP contribution in [0.1, 0.15) is 0 Å². The van der Waals surface area contributed by atoms with E-state index in [-0.39, 0.29) is 0 Å². The molecule has 3 nitrogen and oxygen atoms in total. The van der Waals surface area contributed by atoms with Crippen LogP contribution in [0.5, 0.6) is 0 Å². The molecule has 0 spiro atoms. The van der Waals surface area contributed by atoms with Crippen molar-refractivity contribution in [2.24, 2.45) is 0 Å². The number of rotatable bonds is 0. The maximum Gasteiger partial charge on any atom is 0.255 e. The molecule has 2 rings (SSSR count). The van der Waals surface area contributed by atoms with E-state index in [0.717, 1.165) is 4.60 Å². The average Bonchev–Trinajstić information content (AvgIpc) is 2.27.